The predicted octanol–water partition coefficient (Wildman–Crippen LogP) is 4.18. The molecule has 90 valence electrons. The van der Waals surface area contributed by atoms with Crippen LogP contribution in [-0.2, 0) is 0 Å². The van der Waals surface area contributed by atoms with Gasteiger partial charge in [-0.2, -0.15) is 0 Å². The van der Waals surface area contributed by atoms with Crippen molar-refractivity contribution in [1.29, 1.82) is 0 Å². The van der Waals surface area contributed by atoms with Gasteiger partial charge in [-0.15, -0.1) is 0 Å². The van der Waals surface area contributed by atoms with Crippen LogP contribution < -0.4 is 0 Å². The highest BCUT2D eigenvalue weighted by molar-refractivity contribution is 6.29. The van der Waals surface area contributed by atoms with Crippen molar-refractivity contribution in [1.82, 2.24) is 0 Å². The molecule has 1 heterocycles. The molecular formula is C13H19ClO2. The fraction of sp³-hybridized carbons (Fsp3) is 0.692. The van der Waals surface area contributed by atoms with Crippen molar-refractivity contribution in [3.8, 4) is 0 Å². The van der Waals surface area contributed by atoms with Crippen molar-refractivity contribution in [3.63, 3.8) is 0 Å². The number of aliphatic hydroxyl groups is 1. The zero-order valence-electron chi connectivity index (χ0n) is 9.66. The van der Waals surface area contributed by atoms with Gasteiger partial charge in [0.2, 0.25) is 0 Å². The van der Waals surface area contributed by atoms with E-state index in [1.54, 1.807) is 12.3 Å². The van der Waals surface area contributed by atoms with Crippen molar-refractivity contribution in [2.45, 2.75) is 45.1 Å². The summed E-state index contributed by atoms with van der Waals surface area (Å²) in [5.41, 5.74) is 0.751. The SMILES string of the molecule is CCC1CCC(C(O)c2ccoc2Cl)CC1. The average molecular weight is 243 g/mol. The molecule has 0 aromatic carbocycles. The summed E-state index contributed by atoms with van der Waals surface area (Å²) < 4.78 is 5.02. The highest BCUT2D eigenvalue weighted by Gasteiger charge is 2.28. The van der Waals surface area contributed by atoms with Gasteiger partial charge < -0.3 is 9.52 Å². The third kappa shape index (κ3) is 2.44. The molecule has 0 aliphatic heterocycles. The monoisotopic (exact) mass is 242 g/mol. The first-order chi connectivity index (χ1) is 7.72. The maximum atomic E-state index is 10.2. The minimum Gasteiger partial charge on any atom is -0.453 e. The smallest absolute Gasteiger partial charge is 0.198 e. The molecule has 0 amide bonds. The Morgan fingerprint density at radius 2 is 2.12 bits per heavy atom. The van der Waals surface area contributed by atoms with Crippen molar-refractivity contribution in [2.24, 2.45) is 11.8 Å². The van der Waals surface area contributed by atoms with Gasteiger partial charge in [0.05, 0.1) is 12.4 Å². The van der Waals surface area contributed by atoms with Crippen LogP contribution in [-0.4, -0.2) is 5.11 Å². The standard InChI is InChI=1S/C13H19ClO2/c1-2-9-3-5-10(6-4-9)12(15)11-7-8-16-13(11)14/h7-10,12,15H,2-6H2,1H3. The van der Waals surface area contributed by atoms with Gasteiger partial charge in [-0.1, -0.05) is 26.2 Å². The minimum absolute atomic E-state index is 0.338. The van der Waals surface area contributed by atoms with Crippen LogP contribution in [0, 0.1) is 11.8 Å². The lowest BCUT2D eigenvalue weighted by atomic mass is 9.77. The summed E-state index contributed by atoms with van der Waals surface area (Å²) in [6, 6.07) is 1.78. The van der Waals surface area contributed by atoms with E-state index in [0.29, 0.717) is 11.1 Å². The average Bonchev–Trinajstić information content (AvgIpc) is 2.75. The number of furan rings is 1. The second kappa shape index (κ2) is 5.24. The van der Waals surface area contributed by atoms with E-state index < -0.39 is 6.10 Å². The molecule has 1 aromatic rings. The second-order valence-electron chi connectivity index (χ2n) is 4.78. The summed E-state index contributed by atoms with van der Waals surface area (Å²) >= 11 is 5.88. The zero-order chi connectivity index (χ0) is 11.5. The Bertz CT molecular complexity index is 326. The van der Waals surface area contributed by atoms with Gasteiger partial charge >= 0.3 is 0 Å². The van der Waals surface area contributed by atoms with Crippen molar-refractivity contribution < 1.29 is 9.52 Å². The highest BCUT2D eigenvalue weighted by Crippen LogP contribution is 2.39. The van der Waals surface area contributed by atoms with E-state index in [1.165, 1.54) is 19.3 Å². The largest absolute Gasteiger partial charge is 0.453 e. The van der Waals surface area contributed by atoms with Gasteiger partial charge in [0.15, 0.2) is 5.22 Å². The molecule has 2 nitrogen and oxygen atoms in total. The van der Waals surface area contributed by atoms with Gasteiger partial charge in [0.25, 0.3) is 0 Å². The maximum absolute atomic E-state index is 10.2. The Morgan fingerprint density at radius 1 is 1.44 bits per heavy atom. The predicted molar refractivity (Wildman–Crippen MR) is 64.4 cm³/mol. The lowest BCUT2D eigenvalue weighted by Crippen LogP contribution is -2.20. The minimum atomic E-state index is -0.455. The molecule has 2 rings (SSSR count). The van der Waals surface area contributed by atoms with Crippen LogP contribution in [0.3, 0.4) is 0 Å². The van der Waals surface area contributed by atoms with E-state index in [2.05, 4.69) is 6.92 Å². The highest BCUT2D eigenvalue weighted by atomic mass is 35.5. The van der Waals surface area contributed by atoms with Crippen molar-refractivity contribution in [2.75, 3.05) is 0 Å². The van der Waals surface area contributed by atoms with Crippen LogP contribution in [0.5, 0.6) is 0 Å². The molecule has 0 bridgehead atoms. The third-order valence-corrected chi connectivity index (χ3v) is 4.19. The van der Waals surface area contributed by atoms with Crippen LogP contribution in [0.1, 0.15) is 50.7 Å². The zero-order valence-corrected chi connectivity index (χ0v) is 10.4. The fourth-order valence-corrected chi connectivity index (χ4v) is 2.91. The van der Waals surface area contributed by atoms with Gasteiger partial charge in [-0.25, -0.2) is 0 Å². The second-order valence-corrected chi connectivity index (χ2v) is 5.13. The first-order valence-corrected chi connectivity index (χ1v) is 6.51. The summed E-state index contributed by atoms with van der Waals surface area (Å²) in [4.78, 5) is 0. The summed E-state index contributed by atoms with van der Waals surface area (Å²) in [7, 11) is 0. The fourth-order valence-electron chi connectivity index (χ4n) is 2.68. The molecule has 1 N–H and O–H groups in total. The first-order valence-electron chi connectivity index (χ1n) is 6.13. The van der Waals surface area contributed by atoms with Gasteiger partial charge in [-0.3, -0.25) is 0 Å². The van der Waals surface area contributed by atoms with Crippen molar-refractivity contribution in [3.05, 3.63) is 23.1 Å². The van der Waals surface area contributed by atoms with Crippen LogP contribution in [0.4, 0.5) is 0 Å². The number of rotatable bonds is 3. The number of hydrogen-bond donors (Lipinski definition) is 1. The Kier molecular flexibility index (Phi) is 3.93. The molecule has 1 unspecified atom stereocenters. The van der Waals surface area contributed by atoms with Crippen LogP contribution in [0.25, 0.3) is 0 Å². The van der Waals surface area contributed by atoms with E-state index in [1.807, 2.05) is 0 Å². The normalized spacial score (nSPS) is 27.9. The Balaban J connectivity index is 1.97. The quantitative estimate of drug-likeness (QED) is 0.863. The molecule has 16 heavy (non-hydrogen) atoms. The molecule has 3 heteroatoms. The molecule has 0 saturated heterocycles. The molecule has 1 atom stereocenters. The van der Waals surface area contributed by atoms with E-state index in [9.17, 15) is 5.11 Å². The molecular weight excluding hydrogens is 224 g/mol. The van der Waals surface area contributed by atoms with Crippen LogP contribution in [0.2, 0.25) is 5.22 Å². The van der Waals surface area contributed by atoms with Crippen molar-refractivity contribution >= 4 is 11.6 Å². The van der Waals surface area contributed by atoms with E-state index >= 15 is 0 Å². The maximum Gasteiger partial charge on any atom is 0.198 e. The summed E-state index contributed by atoms with van der Waals surface area (Å²) in [6.07, 6.45) is 7.00. The molecule has 1 fully saturated rings. The molecule has 1 aliphatic carbocycles. The summed E-state index contributed by atoms with van der Waals surface area (Å²) in [5.74, 6) is 1.20. The number of aliphatic hydroxyl groups excluding tert-OH is 1. The lowest BCUT2D eigenvalue weighted by molar-refractivity contribution is 0.0726. The van der Waals surface area contributed by atoms with Gasteiger partial charge in [0, 0.05) is 5.56 Å². The number of halogens is 1. The first kappa shape index (κ1) is 12.0. The van der Waals surface area contributed by atoms with Gasteiger partial charge in [-0.05, 0) is 42.3 Å². The van der Waals surface area contributed by atoms with E-state index in [-0.39, 0.29) is 0 Å². The number of hydrogen-bond acceptors (Lipinski definition) is 2. The van der Waals surface area contributed by atoms with Gasteiger partial charge in [0.1, 0.15) is 0 Å². The van der Waals surface area contributed by atoms with Crippen LogP contribution in [0.15, 0.2) is 16.7 Å². The molecule has 0 spiro atoms. The third-order valence-electron chi connectivity index (χ3n) is 3.88. The Morgan fingerprint density at radius 3 is 2.62 bits per heavy atom. The Labute approximate surface area is 102 Å². The summed E-state index contributed by atoms with van der Waals surface area (Å²) in [5, 5.41) is 10.6. The summed E-state index contributed by atoms with van der Waals surface area (Å²) in [6.45, 7) is 2.24. The van der Waals surface area contributed by atoms with E-state index in [0.717, 1.165) is 24.3 Å². The molecule has 1 aliphatic rings. The van der Waals surface area contributed by atoms with Crippen LogP contribution >= 0.6 is 11.6 Å². The lowest BCUT2D eigenvalue weighted by Gasteiger charge is -2.30. The molecule has 0 radical (unpaired) electrons. The Hall–Kier alpha value is -0.470. The van der Waals surface area contributed by atoms with E-state index in [4.69, 9.17) is 16.0 Å². The molecule has 1 saturated carbocycles. The topological polar surface area (TPSA) is 33.4 Å². The molecule has 1 aromatic heterocycles.